The van der Waals surface area contributed by atoms with Crippen molar-refractivity contribution in [1.29, 1.82) is 0 Å². The summed E-state index contributed by atoms with van der Waals surface area (Å²) in [7, 11) is 0. The van der Waals surface area contributed by atoms with E-state index in [1.807, 2.05) is 11.4 Å². The molecule has 2 atom stereocenters. The molecule has 1 aliphatic carbocycles. The number of anilines is 1. The van der Waals surface area contributed by atoms with Gasteiger partial charge in [0, 0.05) is 24.3 Å². The molecule has 2 N–H and O–H groups in total. The van der Waals surface area contributed by atoms with Crippen molar-refractivity contribution >= 4 is 28.3 Å². The quantitative estimate of drug-likeness (QED) is 0.857. The highest BCUT2D eigenvalue weighted by molar-refractivity contribution is 7.14. The lowest BCUT2D eigenvalue weighted by Crippen LogP contribution is -2.29. The van der Waals surface area contributed by atoms with Gasteiger partial charge in [-0.1, -0.05) is 6.92 Å². The van der Waals surface area contributed by atoms with Crippen molar-refractivity contribution in [2.24, 2.45) is 11.8 Å². The molecule has 22 heavy (non-hydrogen) atoms. The zero-order valence-electron chi connectivity index (χ0n) is 12.2. The molecule has 0 unspecified atom stereocenters. The third kappa shape index (κ3) is 3.54. The minimum atomic E-state index is -0.163. The van der Waals surface area contributed by atoms with Gasteiger partial charge in [-0.3, -0.25) is 9.59 Å². The third-order valence-corrected chi connectivity index (χ3v) is 4.38. The number of rotatable bonds is 6. The molecule has 7 heteroatoms. The summed E-state index contributed by atoms with van der Waals surface area (Å²) in [4.78, 5) is 27.7. The fourth-order valence-electron chi connectivity index (χ4n) is 2.17. The highest BCUT2D eigenvalue weighted by Gasteiger charge is 2.38. The number of thiazole rings is 1. The van der Waals surface area contributed by atoms with Gasteiger partial charge in [-0.15, -0.1) is 11.3 Å². The summed E-state index contributed by atoms with van der Waals surface area (Å²) >= 11 is 1.34. The van der Waals surface area contributed by atoms with Gasteiger partial charge in [-0.05, 0) is 24.5 Å². The Morgan fingerprint density at radius 2 is 2.32 bits per heavy atom. The van der Waals surface area contributed by atoms with Gasteiger partial charge in [-0.25, -0.2) is 4.98 Å². The lowest BCUT2D eigenvalue weighted by molar-refractivity contribution is -0.122. The first kappa shape index (κ1) is 14.8. The molecule has 0 radical (unpaired) electrons. The summed E-state index contributed by atoms with van der Waals surface area (Å²) in [6.07, 6.45) is 2.77. The first-order valence-electron chi connectivity index (χ1n) is 7.20. The molecule has 2 amide bonds. The number of carbonyl (C=O) groups excluding carboxylic acids is 2. The SMILES string of the molecule is C[C@@H]1C[C@H]1C(=O)NCCC(=O)Nc1nc(-c2ccco2)cs1. The molecule has 0 aliphatic heterocycles. The molecule has 0 bridgehead atoms. The Morgan fingerprint density at radius 3 is 3.00 bits per heavy atom. The van der Waals surface area contributed by atoms with Crippen molar-refractivity contribution in [2.75, 3.05) is 11.9 Å². The van der Waals surface area contributed by atoms with Crippen LogP contribution in [0.3, 0.4) is 0 Å². The van der Waals surface area contributed by atoms with E-state index in [4.69, 9.17) is 4.42 Å². The van der Waals surface area contributed by atoms with E-state index in [1.54, 1.807) is 12.3 Å². The largest absolute Gasteiger partial charge is 0.463 e. The van der Waals surface area contributed by atoms with E-state index in [0.717, 1.165) is 6.42 Å². The van der Waals surface area contributed by atoms with Crippen molar-refractivity contribution in [1.82, 2.24) is 10.3 Å². The molecule has 0 spiro atoms. The Kier molecular flexibility index (Phi) is 4.24. The molecule has 0 aromatic carbocycles. The van der Waals surface area contributed by atoms with Crippen LogP contribution >= 0.6 is 11.3 Å². The fourth-order valence-corrected chi connectivity index (χ4v) is 2.88. The van der Waals surface area contributed by atoms with Crippen LogP contribution in [-0.4, -0.2) is 23.3 Å². The molecule has 2 aromatic heterocycles. The normalized spacial score (nSPS) is 19.7. The molecule has 3 rings (SSSR count). The predicted octanol–water partition coefficient (Wildman–Crippen LogP) is 2.50. The van der Waals surface area contributed by atoms with Crippen LogP contribution in [0, 0.1) is 11.8 Å². The summed E-state index contributed by atoms with van der Waals surface area (Å²) in [5.74, 6) is 1.17. The fraction of sp³-hybridized carbons (Fsp3) is 0.400. The minimum absolute atomic E-state index is 0.0506. The predicted molar refractivity (Wildman–Crippen MR) is 83.3 cm³/mol. The number of aromatic nitrogens is 1. The topological polar surface area (TPSA) is 84.2 Å². The Bertz CT molecular complexity index is 665. The maximum absolute atomic E-state index is 11.8. The molecule has 1 saturated carbocycles. The Morgan fingerprint density at radius 1 is 1.50 bits per heavy atom. The van der Waals surface area contributed by atoms with Gasteiger partial charge in [0.2, 0.25) is 11.8 Å². The Hall–Kier alpha value is -2.15. The minimum Gasteiger partial charge on any atom is -0.463 e. The zero-order valence-corrected chi connectivity index (χ0v) is 13.0. The van der Waals surface area contributed by atoms with Crippen LogP contribution in [0.15, 0.2) is 28.2 Å². The van der Waals surface area contributed by atoms with Gasteiger partial charge in [0.05, 0.1) is 6.26 Å². The van der Waals surface area contributed by atoms with Gasteiger partial charge in [0.1, 0.15) is 5.69 Å². The van der Waals surface area contributed by atoms with E-state index < -0.39 is 0 Å². The average Bonchev–Trinajstić information content (AvgIpc) is 2.93. The second kappa shape index (κ2) is 6.31. The highest BCUT2D eigenvalue weighted by Crippen LogP contribution is 2.37. The van der Waals surface area contributed by atoms with Crippen LogP contribution in [0.25, 0.3) is 11.5 Å². The van der Waals surface area contributed by atoms with E-state index in [-0.39, 0.29) is 24.2 Å². The van der Waals surface area contributed by atoms with E-state index in [0.29, 0.717) is 29.0 Å². The highest BCUT2D eigenvalue weighted by atomic mass is 32.1. The van der Waals surface area contributed by atoms with Crippen LogP contribution in [0.4, 0.5) is 5.13 Å². The first-order chi connectivity index (χ1) is 10.6. The summed E-state index contributed by atoms with van der Waals surface area (Å²) in [5.41, 5.74) is 0.696. The second-order valence-electron chi connectivity index (χ2n) is 5.42. The van der Waals surface area contributed by atoms with Crippen LogP contribution in [0.5, 0.6) is 0 Å². The Labute approximate surface area is 131 Å². The maximum atomic E-state index is 11.8. The average molecular weight is 319 g/mol. The molecule has 1 aliphatic rings. The smallest absolute Gasteiger partial charge is 0.227 e. The number of furan rings is 1. The molecule has 0 saturated heterocycles. The molecule has 116 valence electrons. The summed E-state index contributed by atoms with van der Waals surface area (Å²) in [6, 6.07) is 3.60. The van der Waals surface area contributed by atoms with E-state index in [9.17, 15) is 9.59 Å². The maximum Gasteiger partial charge on any atom is 0.227 e. The van der Waals surface area contributed by atoms with E-state index >= 15 is 0 Å². The van der Waals surface area contributed by atoms with Crippen LogP contribution in [0.2, 0.25) is 0 Å². The van der Waals surface area contributed by atoms with Gasteiger partial charge >= 0.3 is 0 Å². The van der Waals surface area contributed by atoms with Crippen molar-refractivity contribution in [3.8, 4) is 11.5 Å². The summed E-state index contributed by atoms with van der Waals surface area (Å²) in [6.45, 7) is 2.40. The van der Waals surface area contributed by atoms with Crippen LogP contribution < -0.4 is 10.6 Å². The first-order valence-corrected chi connectivity index (χ1v) is 8.08. The number of hydrogen-bond acceptors (Lipinski definition) is 5. The van der Waals surface area contributed by atoms with E-state index in [1.165, 1.54) is 11.3 Å². The van der Waals surface area contributed by atoms with Gasteiger partial charge in [-0.2, -0.15) is 0 Å². The van der Waals surface area contributed by atoms with Gasteiger partial charge in [0.25, 0.3) is 0 Å². The molecular formula is C15H17N3O3S. The third-order valence-electron chi connectivity index (χ3n) is 3.62. The lowest BCUT2D eigenvalue weighted by Gasteiger charge is -2.04. The summed E-state index contributed by atoms with van der Waals surface area (Å²) in [5, 5.41) is 7.87. The summed E-state index contributed by atoms with van der Waals surface area (Å²) < 4.78 is 5.25. The molecular weight excluding hydrogens is 302 g/mol. The van der Waals surface area contributed by atoms with Gasteiger partial charge in [0.15, 0.2) is 10.9 Å². The molecule has 6 nitrogen and oxygen atoms in total. The number of hydrogen-bond donors (Lipinski definition) is 2. The van der Waals surface area contributed by atoms with Crippen LogP contribution in [-0.2, 0) is 9.59 Å². The monoisotopic (exact) mass is 319 g/mol. The van der Waals surface area contributed by atoms with Gasteiger partial charge < -0.3 is 15.1 Å². The Balaban J connectivity index is 1.43. The van der Waals surface area contributed by atoms with Crippen molar-refractivity contribution in [3.63, 3.8) is 0 Å². The van der Waals surface area contributed by atoms with Crippen molar-refractivity contribution < 1.29 is 14.0 Å². The standard InChI is InChI=1S/C15H17N3O3S/c1-9-7-10(9)14(20)16-5-4-13(19)18-15-17-11(8-22-15)12-3-2-6-21-12/h2-3,6,8-10H,4-5,7H2,1H3,(H,16,20)(H,17,18,19)/t9-,10-/m1/s1. The zero-order chi connectivity index (χ0) is 15.5. The molecule has 2 heterocycles. The van der Waals surface area contributed by atoms with E-state index in [2.05, 4.69) is 22.5 Å². The van der Waals surface area contributed by atoms with Crippen LogP contribution in [0.1, 0.15) is 19.8 Å². The molecule has 1 fully saturated rings. The number of amides is 2. The lowest BCUT2D eigenvalue weighted by atomic mass is 10.3. The van der Waals surface area contributed by atoms with Crippen molar-refractivity contribution in [3.05, 3.63) is 23.8 Å². The number of nitrogens with one attached hydrogen (secondary N) is 2. The second-order valence-corrected chi connectivity index (χ2v) is 6.28. The number of nitrogens with zero attached hydrogens (tertiary/aromatic N) is 1. The number of carbonyl (C=O) groups is 2. The molecule has 2 aromatic rings. The van der Waals surface area contributed by atoms with Crippen molar-refractivity contribution in [2.45, 2.75) is 19.8 Å².